The Hall–Kier alpha value is -3.26. The number of hydrogen-bond acceptors (Lipinski definition) is 12. The van der Waals surface area contributed by atoms with Gasteiger partial charge < -0.3 is 38.8 Å². The molecule has 0 aromatic heterocycles. The molecule has 1 fully saturated rings. The molecule has 35 heavy (non-hydrogen) atoms. The third-order valence-corrected chi connectivity index (χ3v) is 4.44. The number of rotatable bonds is 13. The highest BCUT2D eigenvalue weighted by Crippen LogP contribution is 2.30. The fraction of sp³-hybridized carbons (Fsp3) is 0.714. The molecule has 1 heterocycles. The number of hydrogen-bond donors (Lipinski definition) is 2. The maximum atomic E-state index is 11.8. The Morgan fingerprint density at radius 1 is 0.800 bits per heavy atom. The maximum absolute atomic E-state index is 11.8. The summed E-state index contributed by atoms with van der Waals surface area (Å²) in [5.41, 5.74) is 0. The normalized spacial score (nSPS) is 23.5. The van der Waals surface area contributed by atoms with Crippen LogP contribution in [0.3, 0.4) is 0 Å². The molecule has 0 radical (unpaired) electrons. The van der Waals surface area contributed by atoms with Crippen molar-refractivity contribution >= 4 is 35.8 Å². The molecule has 1 rings (SSSR count). The number of carbonyl (C=O) groups excluding carboxylic acids is 5. The van der Waals surface area contributed by atoms with Crippen LogP contribution < -0.4 is 5.32 Å². The van der Waals surface area contributed by atoms with E-state index in [4.69, 9.17) is 33.5 Å². The Kier molecular flexibility index (Phi) is 12.7. The first-order chi connectivity index (χ1) is 16.4. The lowest BCUT2D eigenvalue weighted by Crippen LogP contribution is -2.63. The summed E-state index contributed by atoms with van der Waals surface area (Å²) in [6.07, 6.45) is -6.59. The first-order valence-electron chi connectivity index (χ1n) is 10.8. The number of carboxylic acids is 1. The highest BCUT2D eigenvalue weighted by atomic mass is 16.7. The second-order valence-electron chi connectivity index (χ2n) is 7.54. The smallest absolute Gasteiger partial charge is 0.303 e. The summed E-state index contributed by atoms with van der Waals surface area (Å²) in [7, 11) is 0. The minimum atomic E-state index is -1.34. The fourth-order valence-electron chi connectivity index (χ4n) is 3.13. The zero-order valence-corrected chi connectivity index (χ0v) is 20.0. The summed E-state index contributed by atoms with van der Waals surface area (Å²) >= 11 is 0. The van der Waals surface area contributed by atoms with Crippen molar-refractivity contribution in [1.82, 2.24) is 5.32 Å². The maximum Gasteiger partial charge on any atom is 0.303 e. The van der Waals surface area contributed by atoms with Crippen molar-refractivity contribution in [2.24, 2.45) is 0 Å². The van der Waals surface area contributed by atoms with Gasteiger partial charge in [0.2, 0.25) is 5.91 Å². The van der Waals surface area contributed by atoms with Gasteiger partial charge >= 0.3 is 29.8 Å². The average molecular weight is 505 g/mol. The summed E-state index contributed by atoms with van der Waals surface area (Å²) in [6.45, 7) is 4.25. The van der Waals surface area contributed by atoms with Gasteiger partial charge in [0.25, 0.3) is 0 Å². The van der Waals surface area contributed by atoms with E-state index in [1.807, 2.05) is 0 Å². The fourth-order valence-corrected chi connectivity index (χ4v) is 3.13. The quantitative estimate of drug-likeness (QED) is 0.184. The Morgan fingerprint density at radius 2 is 1.37 bits per heavy atom. The largest absolute Gasteiger partial charge is 0.481 e. The molecule has 0 aliphatic carbocycles. The van der Waals surface area contributed by atoms with Gasteiger partial charge in [0.05, 0.1) is 13.0 Å². The molecule has 0 unspecified atom stereocenters. The third kappa shape index (κ3) is 11.6. The molecule has 2 N–H and O–H groups in total. The van der Waals surface area contributed by atoms with Gasteiger partial charge in [-0.15, -0.1) is 0 Å². The van der Waals surface area contributed by atoms with Gasteiger partial charge in [0.1, 0.15) is 12.7 Å². The molecule has 0 bridgehead atoms. The predicted octanol–water partition coefficient (Wildman–Crippen LogP) is -0.543. The molecule has 0 saturated carbocycles. The number of nitrogens with one attached hydrogen (secondary N) is 1. The SMILES string of the molecule is CC(=O)OC[C@H]1O[C@@H](OCCCNC(=O)CCC(=O)O)[C@H](OC(C)=O)[C@@H](OC(C)=O)[C@@H]1OC(C)=O. The number of esters is 4. The second-order valence-corrected chi connectivity index (χ2v) is 7.54. The average Bonchev–Trinajstić information content (AvgIpc) is 2.73. The van der Waals surface area contributed by atoms with Crippen LogP contribution in [0, 0.1) is 0 Å². The Morgan fingerprint density at radius 3 is 1.91 bits per heavy atom. The zero-order valence-electron chi connectivity index (χ0n) is 20.0. The molecular weight excluding hydrogens is 474 g/mol. The van der Waals surface area contributed by atoms with Crippen LogP contribution in [0.15, 0.2) is 0 Å². The molecule has 1 saturated heterocycles. The van der Waals surface area contributed by atoms with Gasteiger partial charge in [0.15, 0.2) is 24.6 Å². The van der Waals surface area contributed by atoms with Crippen LogP contribution in [0.5, 0.6) is 0 Å². The van der Waals surface area contributed by atoms with Crippen molar-refractivity contribution in [1.29, 1.82) is 0 Å². The minimum absolute atomic E-state index is 0.0209. The summed E-state index contributed by atoms with van der Waals surface area (Å²) in [4.78, 5) is 68.6. The van der Waals surface area contributed by atoms with E-state index < -0.39 is 66.5 Å². The molecule has 0 aromatic carbocycles. The summed E-state index contributed by atoms with van der Waals surface area (Å²) < 4.78 is 32.2. The lowest BCUT2D eigenvalue weighted by molar-refractivity contribution is -0.308. The van der Waals surface area contributed by atoms with Crippen molar-refractivity contribution < 1.29 is 62.3 Å². The van der Waals surface area contributed by atoms with Crippen LogP contribution in [-0.2, 0) is 57.2 Å². The minimum Gasteiger partial charge on any atom is -0.481 e. The number of amides is 1. The van der Waals surface area contributed by atoms with Gasteiger partial charge in [-0.25, -0.2) is 0 Å². The van der Waals surface area contributed by atoms with E-state index in [-0.39, 0.29) is 39.0 Å². The highest BCUT2D eigenvalue weighted by Gasteiger charge is 2.52. The van der Waals surface area contributed by atoms with Gasteiger partial charge in [-0.1, -0.05) is 0 Å². The van der Waals surface area contributed by atoms with E-state index in [1.165, 1.54) is 0 Å². The van der Waals surface area contributed by atoms with Gasteiger partial charge in [-0.2, -0.15) is 0 Å². The second kappa shape index (κ2) is 14.9. The molecule has 198 valence electrons. The zero-order chi connectivity index (χ0) is 26.5. The predicted molar refractivity (Wildman–Crippen MR) is 112 cm³/mol. The standard InChI is InChI=1S/C21H31NO13/c1-11(23)31-10-15-18(32-12(2)24)19(33-13(3)25)20(34-14(4)26)21(35-15)30-9-5-8-22-16(27)6-7-17(28)29/h15,18-21H,5-10H2,1-4H3,(H,22,27)(H,28,29)/t15-,18-,19+,20-,21-/m1/s1. The monoisotopic (exact) mass is 505 g/mol. The first-order valence-corrected chi connectivity index (χ1v) is 10.8. The van der Waals surface area contributed by atoms with E-state index in [9.17, 15) is 28.8 Å². The number of ether oxygens (including phenoxy) is 6. The first kappa shape index (κ1) is 29.8. The summed E-state index contributed by atoms with van der Waals surface area (Å²) in [6, 6.07) is 0. The summed E-state index contributed by atoms with van der Waals surface area (Å²) in [5, 5.41) is 11.1. The van der Waals surface area contributed by atoms with Crippen molar-refractivity contribution in [3.8, 4) is 0 Å². The van der Waals surface area contributed by atoms with Crippen LogP contribution in [0.2, 0.25) is 0 Å². The van der Waals surface area contributed by atoms with E-state index in [0.29, 0.717) is 0 Å². The topological polar surface area (TPSA) is 190 Å². The molecule has 0 spiro atoms. The molecule has 14 nitrogen and oxygen atoms in total. The summed E-state index contributed by atoms with van der Waals surface area (Å²) in [5.74, 6) is -4.44. The van der Waals surface area contributed by atoms with Gasteiger partial charge in [-0.05, 0) is 6.42 Å². The van der Waals surface area contributed by atoms with Gasteiger partial charge in [0, 0.05) is 40.7 Å². The van der Waals surface area contributed by atoms with Crippen LogP contribution in [0.4, 0.5) is 0 Å². The van der Waals surface area contributed by atoms with Gasteiger partial charge in [-0.3, -0.25) is 28.8 Å². The Labute approximate surface area is 201 Å². The molecule has 1 amide bonds. The molecule has 5 atom stereocenters. The molecular formula is C21H31NO13. The van der Waals surface area contributed by atoms with Crippen LogP contribution >= 0.6 is 0 Å². The molecule has 0 aromatic rings. The third-order valence-electron chi connectivity index (χ3n) is 4.44. The molecule has 1 aliphatic rings. The van der Waals surface area contributed by atoms with E-state index >= 15 is 0 Å². The van der Waals surface area contributed by atoms with Crippen molar-refractivity contribution in [2.75, 3.05) is 19.8 Å². The van der Waals surface area contributed by atoms with Crippen LogP contribution in [0.1, 0.15) is 47.0 Å². The number of aliphatic carboxylic acids is 1. The Bertz CT molecular complexity index is 783. The van der Waals surface area contributed by atoms with E-state index in [1.54, 1.807) is 0 Å². The molecule has 14 heteroatoms. The number of carboxylic acid groups (broad SMARTS) is 1. The van der Waals surface area contributed by atoms with E-state index in [0.717, 1.165) is 27.7 Å². The molecule has 1 aliphatic heterocycles. The van der Waals surface area contributed by atoms with Crippen molar-refractivity contribution in [3.63, 3.8) is 0 Å². The number of carbonyl (C=O) groups is 6. The van der Waals surface area contributed by atoms with Crippen molar-refractivity contribution in [2.45, 2.75) is 77.7 Å². The van der Waals surface area contributed by atoms with Crippen LogP contribution in [0.25, 0.3) is 0 Å². The highest BCUT2D eigenvalue weighted by molar-refractivity contribution is 5.80. The Balaban J connectivity index is 2.95. The van der Waals surface area contributed by atoms with Crippen molar-refractivity contribution in [3.05, 3.63) is 0 Å². The lowest BCUT2D eigenvalue weighted by Gasteiger charge is -2.44. The van der Waals surface area contributed by atoms with E-state index in [2.05, 4.69) is 5.32 Å². The van der Waals surface area contributed by atoms with Crippen LogP contribution in [-0.4, -0.2) is 91.3 Å². The lowest BCUT2D eigenvalue weighted by atomic mass is 9.98.